The van der Waals surface area contributed by atoms with Crippen LogP contribution in [0.25, 0.3) is 10.9 Å². The van der Waals surface area contributed by atoms with Crippen molar-refractivity contribution in [2.75, 3.05) is 5.73 Å². The second-order valence-corrected chi connectivity index (χ2v) is 6.32. The van der Waals surface area contributed by atoms with Crippen molar-refractivity contribution in [3.8, 4) is 0 Å². The number of H-pyrrole nitrogens is 1. The molecule has 1 atom stereocenters. The van der Waals surface area contributed by atoms with Gasteiger partial charge < -0.3 is 20.0 Å². The summed E-state index contributed by atoms with van der Waals surface area (Å²) in [5.41, 5.74) is 7.82. The predicted octanol–water partition coefficient (Wildman–Crippen LogP) is 3.83. The molecule has 4 rings (SSSR count). The number of esters is 1. The molecule has 0 amide bonds. The van der Waals surface area contributed by atoms with Crippen LogP contribution in [-0.2, 0) is 4.74 Å². The number of hydrogen-bond acceptors (Lipinski definition) is 6. The van der Waals surface area contributed by atoms with E-state index in [-0.39, 0.29) is 17.2 Å². The molecule has 7 heteroatoms. The van der Waals surface area contributed by atoms with Crippen LogP contribution >= 0.6 is 0 Å². The molecule has 2 aromatic heterocycles. The third-order valence-electron chi connectivity index (χ3n) is 4.51. The van der Waals surface area contributed by atoms with Gasteiger partial charge in [0.05, 0.1) is 5.69 Å². The van der Waals surface area contributed by atoms with Gasteiger partial charge >= 0.3 is 5.97 Å². The number of carbonyl (C=O) groups excluding carboxylic acids is 2. The lowest BCUT2D eigenvalue weighted by molar-refractivity contribution is 0.0280. The fraction of sp³-hybridized carbons (Fsp3) is 0.0952. The Kier molecular flexibility index (Phi) is 4.41. The number of aromatic nitrogens is 2. The van der Waals surface area contributed by atoms with Gasteiger partial charge in [-0.15, -0.1) is 0 Å². The smallest absolute Gasteiger partial charge is 0.346 e. The van der Waals surface area contributed by atoms with Gasteiger partial charge in [-0.05, 0) is 13.0 Å². The van der Waals surface area contributed by atoms with Crippen molar-refractivity contribution >= 4 is 28.5 Å². The average molecular weight is 375 g/mol. The Morgan fingerprint density at radius 2 is 1.82 bits per heavy atom. The lowest BCUT2D eigenvalue weighted by atomic mass is 9.99. The molecule has 0 aliphatic rings. The number of aromatic amines is 1. The van der Waals surface area contributed by atoms with Crippen LogP contribution in [0.15, 0.2) is 65.3 Å². The van der Waals surface area contributed by atoms with Gasteiger partial charge in [-0.2, -0.15) is 0 Å². The molecule has 0 bridgehead atoms. The molecule has 28 heavy (non-hydrogen) atoms. The summed E-state index contributed by atoms with van der Waals surface area (Å²) in [6.45, 7) is 1.58. The van der Waals surface area contributed by atoms with Gasteiger partial charge in [0.2, 0.25) is 11.7 Å². The van der Waals surface area contributed by atoms with Crippen LogP contribution in [0.1, 0.15) is 38.1 Å². The largest absolute Gasteiger partial charge is 0.445 e. The molecule has 0 fully saturated rings. The molecule has 7 nitrogen and oxygen atoms in total. The highest BCUT2D eigenvalue weighted by Crippen LogP contribution is 2.29. The monoisotopic (exact) mass is 375 g/mol. The van der Waals surface area contributed by atoms with E-state index in [4.69, 9.17) is 15.0 Å². The summed E-state index contributed by atoms with van der Waals surface area (Å²) in [6, 6.07) is 16.3. The minimum atomic E-state index is -1.14. The number of Topliss-reactive ketones (excluding diaryl/α,β-unsaturated/α-hetero) is 1. The Bertz CT molecular complexity index is 1140. The van der Waals surface area contributed by atoms with Crippen LogP contribution in [0.3, 0.4) is 0 Å². The van der Waals surface area contributed by atoms with Crippen molar-refractivity contribution in [3.05, 3.63) is 83.2 Å². The van der Waals surface area contributed by atoms with E-state index in [1.54, 1.807) is 37.4 Å². The number of para-hydroxylation sites is 1. The van der Waals surface area contributed by atoms with Crippen molar-refractivity contribution in [3.63, 3.8) is 0 Å². The summed E-state index contributed by atoms with van der Waals surface area (Å²) >= 11 is 0. The molecule has 140 valence electrons. The van der Waals surface area contributed by atoms with E-state index in [9.17, 15) is 9.59 Å². The topological polar surface area (TPSA) is 111 Å². The van der Waals surface area contributed by atoms with Crippen molar-refractivity contribution in [2.45, 2.75) is 13.0 Å². The maximum absolute atomic E-state index is 13.3. The lowest BCUT2D eigenvalue weighted by Crippen LogP contribution is -2.21. The Morgan fingerprint density at radius 3 is 2.54 bits per heavy atom. The van der Waals surface area contributed by atoms with Crippen LogP contribution in [-0.4, -0.2) is 21.9 Å². The first-order valence-corrected chi connectivity index (χ1v) is 8.64. The molecule has 0 saturated heterocycles. The summed E-state index contributed by atoms with van der Waals surface area (Å²) in [5.74, 6) is -1.25. The summed E-state index contributed by atoms with van der Waals surface area (Å²) in [4.78, 5) is 29.1. The van der Waals surface area contributed by atoms with Crippen molar-refractivity contribution in [1.82, 2.24) is 10.1 Å². The molecule has 0 radical (unpaired) electrons. The first-order valence-electron chi connectivity index (χ1n) is 8.64. The quantitative estimate of drug-likeness (QED) is 0.405. The number of ketones is 1. The second kappa shape index (κ2) is 7.03. The molecule has 0 aliphatic carbocycles. The first-order chi connectivity index (χ1) is 13.6. The standard InChI is InChI=1S/C21H17N3O4/c1-12-17(20(22)28-24-12)21(26)27-19(13-7-3-2-4-8-13)18(25)15-11-23-16-10-6-5-9-14(15)16/h2-11,19,23H,22H2,1H3/t19-/m0/s1. The Labute approximate surface area is 160 Å². The average Bonchev–Trinajstić information content (AvgIpc) is 3.29. The maximum Gasteiger partial charge on any atom is 0.346 e. The van der Waals surface area contributed by atoms with Gasteiger partial charge in [0.1, 0.15) is 5.56 Å². The third kappa shape index (κ3) is 3.03. The van der Waals surface area contributed by atoms with Gasteiger partial charge in [0.15, 0.2) is 6.10 Å². The molecule has 2 aromatic carbocycles. The lowest BCUT2D eigenvalue weighted by Gasteiger charge is -2.17. The van der Waals surface area contributed by atoms with E-state index in [2.05, 4.69) is 10.1 Å². The number of fused-ring (bicyclic) bond motifs is 1. The SMILES string of the molecule is Cc1noc(N)c1C(=O)O[C@H](C(=O)c1c[nH]c2ccccc12)c1ccccc1. The van der Waals surface area contributed by atoms with E-state index >= 15 is 0 Å². The van der Waals surface area contributed by atoms with Gasteiger partial charge in [0.25, 0.3) is 0 Å². The zero-order valence-corrected chi connectivity index (χ0v) is 15.0. The Morgan fingerprint density at radius 1 is 1.11 bits per heavy atom. The molecular weight excluding hydrogens is 358 g/mol. The van der Waals surface area contributed by atoms with Gasteiger partial charge in [-0.1, -0.05) is 53.7 Å². The molecule has 0 spiro atoms. The fourth-order valence-electron chi connectivity index (χ4n) is 3.12. The normalized spacial score (nSPS) is 12.0. The number of hydrogen-bond donors (Lipinski definition) is 2. The molecule has 2 heterocycles. The number of carbonyl (C=O) groups is 2. The number of rotatable bonds is 5. The summed E-state index contributed by atoms with van der Waals surface area (Å²) in [5, 5.41) is 4.42. The maximum atomic E-state index is 13.3. The van der Waals surface area contributed by atoms with Crippen molar-refractivity contribution in [2.24, 2.45) is 0 Å². The van der Waals surface area contributed by atoms with Gasteiger partial charge in [-0.25, -0.2) is 4.79 Å². The number of aryl methyl sites for hydroxylation is 1. The van der Waals surface area contributed by atoms with Crippen LogP contribution < -0.4 is 5.73 Å². The minimum Gasteiger partial charge on any atom is -0.445 e. The van der Waals surface area contributed by atoms with Gasteiger partial charge in [0, 0.05) is 28.2 Å². The molecule has 0 aliphatic heterocycles. The van der Waals surface area contributed by atoms with Crippen LogP contribution in [0.2, 0.25) is 0 Å². The fourth-order valence-corrected chi connectivity index (χ4v) is 3.12. The molecule has 4 aromatic rings. The van der Waals surface area contributed by atoms with Gasteiger partial charge in [-0.3, -0.25) is 4.79 Å². The number of ether oxygens (including phenoxy) is 1. The number of anilines is 1. The number of nitrogens with two attached hydrogens (primary N) is 1. The van der Waals surface area contributed by atoms with E-state index < -0.39 is 12.1 Å². The highest BCUT2D eigenvalue weighted by molar-refractivity contribution is 6.11. The van der Waals surface area contributed by atoms with E-state index in [1.165, 1.54) is 0 Å². The number of nitrogens with one attached hydrogen (secondary N) is 1. The van der Waals surface area contributed by atoms with Crippen LogP contribution in [0.5, 0.6) is 0 Å². The van der Waals surface area contributed by atoms with Crippen LogP contribution in [0, 0.1) is 6.92 Å². The molecular formula is C21H17N3O4. The zero-order chi connectivity index (χ0) is 19.7. The van der Waals surface area contributed by atoms with E-state index in [1.807, 2.05) is 30.3 Å². The highest BCUT2D eigenvalue weighted by atomic mass is 16.5. The van der Waals surface area contributed by atoms with E-state index in [0.717, 1.165) is 10.9 Å². The minimum absolute atomic E-state index is 0.0210. The summed E-state index contributed by atoms with van der Waals surface area (Å²) in [7, 11) is 0. The zero-order valence-electron chi connectivity index (χ0n) is 15.0. The Balaban J connectivity index is 1.74. The number of nitrogen functional groups attached to an aromatic ring is 1. The van der Waals surface area contributed by atoms with Crippen LogP contribution in [0.4, 0.5) is 5.88 Å². The number of benzene rings is 2. The third-order valence-corrected chi connectivity index (χ3v) is 4.51. The summed E-state index contributed by atoms with van der Waals surface area (Å²) in [6.07, 6.45) is 0.483. The molecule has 0 saturated carbocycles. The molecule has 3 N–H and O–H groups in total. The highest BCUT2D eigenvalue weighted by Gasteiger charge is 2.30. The molecule has 0 unspecified atom stereocenters. The second-order valence-electron chi connectivity index (χ2n) is 6.32. The van der Waals surface area contributed by atoms with Crippen molar-refractivity contribution < 1.29 is 18.8 Å². The first kappa shape index (κ1) is 17.5. The Hall–Kier alpha value is -3.87. The predicted molar refractivity (Wildman–Crippen MR) is 103 cm³/mol. The van der Waals surface area contributed by atoms with E-state index in [0.29, 0.717) is 16.8 Å². The summed E-state index contributed by atoms with van der Waals surface area (Å²) < 4.78 is 10.4. The number of nitrogens with zero attached hydrogens (tertiary/aromatic N) is 1. The van der Waals surface area contributed by atoms with Crippen molar-refractivity contribution in [1.29, 1.82) is 0 Å².